The molecule has 1 N–H and O–H groups in total. The molecule has 2 aromatic rings. The van der Waals surface area contributed by atoms with Crippen molar-refractivity contribution < 1.29 is 9.50 Å². The molecule has 4 heteroatoms. The molecule has 0 aliphatic heterocycles. The maximum atomic E-state index is 13.4. The number of pyridine rings is 1. The first-order chi connectivity index (χ1) is 8.20. The summed E-state index contributed by atoms with van der Waals surface area (Å²) in [6.07, 6.45) is 3.26. The van der Waals surface area contributed by atoms with E-state index in [1.165, 1.54) is 17.1 Å². The molecule has 17 heavy (non-hydrogen) atoms. The van der Waals surface area contributed by atoms with Gasteiger partial charge in [0.15, 0.2) is 0 Å². The Balaban J connectivity index is 2.11. The zero-order valence-electron chi connectivity index (χ0n) is 9.56. The normalized spacial score (nSPS) is 12.6. The summed E-state index contributed by atoms with van der Waals surface area (Å²) in [4.78, 5) is 6.02. The standard InChI is InChI=1S/C13H14FNOS/c1-2-9-3-4-10(17-9)7-13(16)11-5-6-15-8-12(11)14/h3-6,8,13,16H,2,7H2,1H3. The summed E-state index contributed by atoms with van der Waals surface area (Å²) in [6, 6.07) is 5.57. The highest BCUT2D eigenvalue weighted by Gasteiger charge is 2.14. The van der Waals surface area contributed by atoms with E-state index in [0.29, 0.717) is 12.0 Å². The van der Waals surface area contributed by atoms with Gasteiger partial charge in [0.2, 0.25) is 0 Å². The Morgan fingerprint density at radius 1 is 1.35 bits per heavy atom. The zero-order valence-corrected chi connectivity index (χ0v) is 10.4. The van der Waals surface area contributed by atoms with E-state index in [0.717, 1.165) is 17.5 Å². The van der Waals surface area contributed by atoms with Crippen molar-refractivity contribution in [3.8, 4) is 0 Å². The van der Waals surface area contributed by atoms with Crippen molar-refractivity contribution in [1.29, 1.82) is 0 Å². The third-order valence-corrected chi connectivity index (χ3v) is 3.88. The molecular formula is C13H14FNOS. The Bertz CT molecular complexity index is 498. The molecule has 2 nitrogen and oxygen atoms in total. The smallest absolute Gasteiger partial charge is 0.147 e. The quantitative estimate of drug-likeness (QED) is 0.905. The van der Waals surface area contributed by atoms with Crippen LogP contribution in [-0.4, -0.2) is 10.1 Å². The van der Waals surface area contributed by atoms with E-state index in [2.05, 4.69) is 18.0 Å². The van der Waals surface area contributed by atoms with Crippen LogP contribution in [0.3, 0.4) is 0 Å². The lowest BCUT2D eigenvalue weighted by atomic mass is 10.1. The number of nitrogens with zero attached hydrogens (tertiary/aromatic N) is 1. The molecule has 0 aromatic carbocycles. The minimum absolute atomic E-state index is 0.312. The fraction of sp³-hybridized carbons (Fsp3) is 0.308. The lowest BCUT2D eigenvalue weighted by Gasteiger charge is -2.10. The molecule has 0 fully saturated rings. The van der Waals surface area contributed by atoms with E-state index in [-0.39, 0.29) is 0 Å². The molecule has 0 spiro atoms. The van der Waals surface area contributed by atoms with Crippen LogP contribution >= 0.6 is 11.3 Å². The fourth-order valence-corrected chi connectivity index (χ4v) is 2.67. The maximum absolute atomic E-state index is 13.4. The second-order valence-corrected chi connectivity index (χ2v) is 5.09. The van der Waals surface area contributed by atoms with Crippen molar-refractivity contribution >= 4 is 11.3 Å². The van der Waals surface area contributed by atoms with Crippen molar-refractivity contribution in [2.24, 2.45) is 0 Å². The van der Waals surface area contributed by atoms with E-state index in [9.17, 15) is 9.50 Å². The predicted octanol–water partition coefficient (Wildman–Crippen LogP) is 3.12. The monoisotopic (exact) mass is 251 g/mol. The summed E-state index contributed by atoms with van der Waals surface area (Å²) in [5, 5.41) is 9.98. The molecular weight excluding hydrogens is 237 g/mol. The highest BCUT2D eigenvalue weighted by molar-refractivity contribution is 7.11. The van der Waals surface area contributed by atoms with Crippen molar-refractivity contribution in [1.82, 2.24) is 4.98 Å². The van der Waals surface area contributed by atoms with Gasteiger partial charge in [-0.1, -0.05) is 6.92 Å². The Morgan fingerprint density at radius 2 is 2.12 bits per heavy atom. The van der Waals surface area contributed by atoms with E-state index < -0.39 is 11.9 Å². The van der Waals surface area contributed by atoms with Gasteiger partial charge in [-0.3, -0.25) is 4.98 Å². The van der Waals surface area contributed by atoms with Gasteiger partial charge in [-0.15, -0.1) is 11.3 Å². The lowest BCUT2D eigenvalue weighted by molar-refractivity contribution is 0.174. The summed E-state index contributed by atoms with van der Waals surface area (Å²) >= 11 is 1.66. The molecule has 0 saturated heterocycles. The molecule has 0 bridgehead atoms. The van der Waals surface area contributed by atoms with Crippen LogP contribution in [0.1, 0.15) is 28.3 Å². The molecule has 0 amide bonds. The first-order valence-corrected chi connectivity index (χ1v) is 6.37. The van der Waals surface area contributed by atoms with E-state index >= 15 is 0 Å². The number of thiophene rings is 1. The first-order valence-electron chi connectivity index (χ1n) is 5.55. The second-order valence-electron chi connectivity index (χ2n) is 3.84. The summed E-state index contributed by atoms with van der Waals surface area (Å²) in [6.45, 7) is 2.09. The summed E-state index contributed by atoms with van der Waals surface area (Å²) in [5.74, 6) is -0.452. The van der Waals surface area contributed by atoms with E-state index in [1.807, 2.05) is 6.07 Å². The van der Waals surface area contributed by atoms with Crippen molar-refractivity contribution in [2.75, 3.05) is 0 Å². The molecule has 0 aliphatic rings. The van der Waals surface area contributed by atoms with Gasteiger partial charge >= 0.3 is 0 Å². The van der Waals surface area contributed by atoms with Crippen LogP contribution in [0.4, 0.5) is 4.39 Å². The Kier molecular flexibility index (Phi) is 3.86. The molecule has 1 unspecified atom stereocenters. The van der Waals surface area contributed by atoms with Gasteiger partial charge in [0.25, 0.3) is 0 Å². The second kappa shape index (κ2) is 5.38. The number of aliphatic hydroxyl groups excluding tert-OH is 1. The molecule has 1 atom stereocenters. The number of aliphatic hydroxyl groups is 1. The number of hydrogen-bond donors (Lipinski definition) is 1. The molecule has 2 heterocycles. The minimum Gasteiger partial charge on any atom is -0.388 e. The zero-order chi connectivity index (χ0) is 12.3. The van der Waals surface area contributed by atoms with Crippen molar-refractivity contribution in [3.63, 3.8) is 0 Å². The van der Waals surface area contributed by atoms with Crippen LogP contribution in [0.15, 0.2) is 30.6 Å². The molecule has 2 aromatic heterocycles. The maximum Gasteiger partial charge on any atom is 0.147 e. The molecule has 0 radical (unpaired) electrons. The number of aryl methyl sites for hydroxylation is 1. The van der Waals surface area contributed by atoms with Gasteiger partial charge in [-0.25, -0.2) is 4.39 Å². The van der Waals surface area contributed by atoms with Gasteiger partial charge in [0, 0.05) is 27.9 Å². The average Bonchev–Trinajstić information content (AvgIpc) is 2.77. The van der Waals surface area contributed by atoms with Crippen LogP contribution in [-0.2, 0) is 12.8 Å². The van der Waals surface area contributed by atoms with Crippen LogP contribution in [0.25, 0.3) is 0 Å². The van der Waals surface area contributed by atoms with Gasteiger partial charge in [0.1, 0.15) is 5.82 Å². The first kappa shape index (κ1) is 12.2. The third-order valence-electron chi connectivity index (χ3n) is 2.62. The van der Waals surface area contributed by atoms with Gasteiger partial charge in [0.05, 0.1) is 12.3 Å². The van der Waals surface area contributed by atoms with E-state index in [4.69, 9.17) is 0 Å². The Morgan fingerprint density at radius 3 is 2.76 bits per heavy atom. The summed E-state index contributed by atoms with van der Waals surface area (Å²) in [7, 11) is 0. The number of hydrogen-bond acceptors (Lipinski definition) is 3. The van der Waals surface area contributed by atoms with Crippen LogP contribution in [0.5, 0.6) is 0 Å². The number of halogens is 1. The fourth-order valence-electron chi connectivity index (χ4n) is 1.68. The summed E-state index contributed by atoms with van der Waals surface area (Å²) < 4.78 is 13.4. The molecule has 2 rings (SSSR count). The molecule has 0 saturated carbocycles. The average molecular weight is 251 g/mol. The Labute approximate surface area is 104 Å². The van der Waals surface area contributed by atoms with Crippen LogP contribution in [0, 0.1) is 5.82 Å². The molecule has 0 aliphatic carbocycles. The van der Waals surface area contributed by atoms with Gasteiger partial charge < -0.3 is 5.11 Å². The van der Waals surface area contributed by atoms with Crippen molar-refractivity contribution in [3.05, 3.63) is 51.7 Å². The van der Waals surface area contributed by atoms with Crippen LogP contribution < -0.4 is 0 Å². The minimum atomic E-state index is -0.804. The number of rotatable bonds is 4. The third kappa shape index (κ3) is 2.90. The topological polar surface area (TPSA) is 33.1 Å². The Hall–Kier alpha value is -1.26. The van der Waals surface area contributed by atoms with Crippen LogP contribution in [0.2, 0.25) is 0 Å². The van der Waals surface area contributed by atoms with Gasteiger partial charge in [-0.2, -0.15) is 0 Å². The lowest BCUT2D eigenvalue weighted by Crippen LogP contribution is -2.03. The highest BCUT2D eigenvalue weighted by atomic mass is 32.1. The molecule has 90 valence electrons. The van der Waals surface area contributed by atoms with Gasteiger partial charge in [-0.05, 0) is 24.6 Å². The highest BCUT2D eigenvalue weighted by Crippen LogP contribution is 2.25. The van der Waals surface area contributed by atoms with Crippen molar-refractivity contribution in [2.45, 2.75) is 25.9 Å². The van der Waals surface area contributed by atoms with E-state index in [1.54, 1.807) is 11.3 Å². The number of aromatic nitrogens is 1. The summed E-state index contributed by atoms with van der Waals surface area (Å²) in [5.41, 5.74) is 0.312. The predicted molar refractivity (Wildman–Crippen MR) is 66.6 cm³/mol. The SMILES string of the molecule is CCc1ccc(CC(O)c2ccncc2F)s1. The largest absolute Gasteiger partial charge is 0.388 e.